The Labute approximate surface area is 108 Å². The fraction of sp³-hybridized carbons (Fsp3) is 1.00. The first-order valence-electron chi connectivity index (χ1n) is 7.00. The monoisotopic (exact) mass is 258 g/mol. The predicted molar refractivity (Wildman–Crippen MR) is 73.8 cm³/mol. The van der Waals surface area contributed by atoms with E-state index in [1.807, 2.05) is 6.26 Å². The third kappa shape index (κ3) is 3.52. The molecule has 0 radical (unpaired) electrons. The molecule has 2 fully saturated rings. The summed E-state index contributed by atoms with van der Waals surface area (Å²) >= 11 is 0. The largest absolute Gasteiger partial charge is 0.314 e. The number of hydrogen-bond acceptors (Lipinski definition) is 3. The van der Waals surface area contributed by atoms with Crippen molar-refractivity contribution in [2.45, 2.75) is 57.2 Å². The SMILES string of the molecule is CCNC1CC2CCC(C1)N2CCCS(C)=O. The van der Waals surface area contributed by atoms with Crippen LogP contribution in [0.1, 0.15) is 39.0 Å². The highest BCUT2D eigenvalue weighted by molar-refractivity contribution is 7.84. The zero-order valence-corrected chi connectivity index (χ0v) is 12.0. The van der Waals surface area contributed by atoms with Crippen LogP contribution in [-0.4, -0.2) is 52.3 Å². The third-order valence-electron chi connectivity index (χ3n) is 4.23. The molecular formula is C13H26N2OS. The Morgan fingerprint density at radius 2 is 1.94 bits per heavy atom. The molecule has 17 heavy (non-hydrogen) atoms. The van der Waals surface area contributed by atoms with Gasteiger partial charge in [-0.05, 0) is 45.2 Å². The van der Waals surface area contributed by atoms with Gasteiger partial charge in [-0.2, -0.15) is 0 Å². The van der Waals surface area contributed by atoms with E-state index in [4.69, 9.17) is 0 Å². The molecule has 3 unspecified atom stereocenters. The summed E-state index contributed by atoms with van der Waals surface area (Å²) < 4.78 is 11.1. The van der Waals surface area contributed by atoms with E-state index < -0.39 is 10.8 Å². The maximum absolute atomic E-state index is 11.1. The topological polar surface area (TPSA) is 32.3 Å². The maximum atomic E-state index is 11.1. The van der Waals surface area contributed by atoms with E-state index in [1.165, 1.54) is 25.7 Å². The summed E-state index contributed by atoms with van der Waals surface area (Å²) in [4.78, 5) is 2.70. The maximum Gasteiger partial charge on any atom is 0.0244 e. The number of fused-ring (bicyclic) bond motifs is 2. The average Bonchev–Trinajstić information content (AvgIpc) is 2.52. The zero-order valence-electron chi connectivity index (χ0n) is 11.2. The normalized spacial score (nSPS) is 35.1. The number of rotatable bonds is 6. The van der Waals surface area contributed by atoms with E-state index in [-0.39, 0.29) is 0 Å². The molecule has 0 amide bonds. The number of nitrogens with zero attached hydrogens (tertiary/aromatic N) is 1. The summed E-state index contributed by atoms with van der Waals surface area (Å²) in [6.07, 6.45) is 8.30. The molecule has 0 aromatic rings. The first-order valence-corrected chi connectivity index (χ1v) is 8.72. The molecule has 2 bridgehead atoms. The van der Waals surface area contributed by atoms with E-state index in [9.17, 15) is 4.21 Å². The Morgan fingerprint density at radius 3 is 2.47 bits per heavy atom. The average molecular weight is 258 g/mol. The van der Waals surface area contributed by atoms with E-state index in [1.54, 1.807) is 0 Å². The fourth-order valence-electron chi connectivity index (χ4n) is 3.55. The smallest absolute Gasteiger partial charge is 0.0244 e. The summed E-state index contributed by atoms with van der Waals surface area (Å²) in [5, 5.41) is 3.60. The van der Waals surface area contributed by atoms with Crippen molar-refractivity contribution >= 4 is 10.8 Å². The molecule has 0 aromatic carbocycles. The highest BCUT2D eigenvalue weighted by Crippen LogP contribution is 2.35. The van der Waals surface area contributed by atoms with Crippen LogP contribution in [0, 0.1) is 0 Å². The number of hydrogen-bond donors (Lipinski definition) is 1. The molecule has 1 N–H and O–H groups in total. The zero-order chi connectivity index (χ0) is 12.3. The molecule has 2 aliphatic rings. The van der Waals surface area contributed by atoms with Crippen LogP contribution in [0.25, 0.3) is 0 Å². The Kier molecular flexibility index (Phi) is 5.00. The summed E-state index contributed by atoms with van der Waals surface area (Å²) in [5.41, 5.74) is 0. The fourth-order valence-corrected chi connectivity index (χ4v) is 4.08. The molecule has 100 valence electrons. The molecule has 0 spiro atoms. The van der Waals surface area contributed by atoms with Gasteiger partial charge in [-0.25, -0.2) is 0 Å². The van der Waals surface area contributed by atoms with Crippen LogP contribution in [0.2, 0.25) is 0 Å². The second-order valence-electron chi connectivity index (χ2n) is 5.48. The van der Waals surface area contributed by atoms with E-state index >= 15 is 0 Å². The molecule has 2 saturated heterocycles. The van der Waals surface area contributed by atoms with Crippen LogP contribution in [0.3, 0.4) is 0 Å². The van der Waals surface area contributed by atoms with Gasteiger partial charge in [0.2, 0.25) is 0 Å². The lowest BCUT2D eigenvalue weighted by Gasteiger charge is -2.39. The predicted octanol–water partition coefficient (Wildman–Crippen LogP) is 1.36. The highest BCUT2D eigenvalue weighted by Gasteiger charge is 2.39. The summed E-state index contributed by atoms with van der Waals surface area (Å²) in [6.45, 7) is 4.46. The van der Waals surface area contributed by atoms with Gasteiger partial charge in [0, 0.05) is 40.9 Å². The van der Waals surface area contributed by atoms with Crippen molar-refractivity contribution in [3.63, 3.8) is 0 Å². The lowest BCUT2D eigenvalue weighted by atomic mass is 9.97. The van der Waals surface area contributed by atoms with Crippen LogP contribution in [0.15, 0.2) is 0 Å². The Balaban J connectivity index is 1.79. The summed E-state index contributed by atoms with van der Waals surface area (Å²) in [6, 6.07) is 2.33. The van der Waals surface area contributed by atoms with Crippen LogP contribution in [0.4, 0.5) is 0 Å². The standard InChI is InChI=1S/C13H26N2OS/c1-3-14-11-9-12-5-6-13(10-11)15(12)7-4-8-17(2)16/h11-14H,3-10H2,1-2H3. The molecule has 3 nitrogen and oxygen atoms in total. The van der Waals surface area contributed by atoms with E-state index in [0.29, 0.717) is 0 Å². The second kappa shape index (κ2) is 6.30. The third-order valence-corrected chi connectivity index (χ3v) is 5.09. The van der Waals surface area contributed by atoms with Crippen LogP contribution < -0.4 is 5.32 Å². The van der Waals surface area contributed by atoms with Crippen molar-refractivity contribution in [1.29, 1.82) is 0 Å². The van der Waals surface area contributed by atoms with E-state index in [2.05, 4.69) is 17.1 Å². The van der Waals surface area contributed by atoms with Gasteiger partial charge in [0.25, 0.3) is 0 Å². The van der Waals surface area contributed by atoms with Gasteiger partial charge in [-0.3, -0.25) is 9.11 Å². The molecule has 2 aliphatic heterocycles. The quantitative estimate of drug-likeness (QED) is 0.781. The van der Waals surface area contributed by atoms with Crippen molar-refractivity contribution < 1.29 is 4.21 Å². The minimum absolute atomic E-state index is 0.621. The van der Waals surface area contributed by atoms with Crippen molar-refractivity contribution in [3.05, 3.63) is 0 Å². The first kappa shape index (κ1) is 13.5. The van der Waals surface area contributed by atoms with Gasteiger partial charge in [0.1, 0.15) is 0 Å². The Hall–Kier alpha value is 0.0700. The van der Waals surface area contributed by atoms with Gasteiger partial charge in [-0.15, -0.1) is 0 Å². The Morgan fingerprint density at radius 1 is 1.29 bits per heavy atom. The van der Waals surface area contributed by atoms with Crippen molar-refractivity contribution in [3.8, 4) is 0 Å². The Bertz CT molecular complexity index is 258. The van der Waals surface area contributed by atoms with Crippen molar-refractivity contribution in [2.75, 3.05) is 25.1 Å². The van der Waals surface area contributed by atoms with Gasteiger partial charge >= 0.3 is 0 Å². The van der Waals surface area contributed by atoms with Crippen LogP contribution in [-0.2, 0) is 10.8 Å². The molecule has 4 heteroatoms. The van der Waals surface area contributed by atoms with Crippen molar-refractivity contribution in [2.24, 2.45) is 0 Å². The van der Waals surface area contributed by atoms with Crippen LogP contribution >= 0.6 is 0 Å². The van der Waals surface area contributed by atoms with Gasteiger partial charge < -0.3 is 5.32 Å². The molecule has 2 heterocycles. The molecule has 0 aromatic heterocycles. The minimum atomic E-state index is -0.621. The molecule has 0 aliphatic carbocycles. The van der Waals surface area contributed by atoms with Gasteiger partial charge in [0.05, 0.1) is 0 Å². The number of nitrogens with one attached hydrogen (secondary N) is 1. The van der Waals surface area contributed by atoms with Gasteiger partial charge in [0.15, 0.2) is 0 Å². The first-order chi connectivity index (χ1) is 8.20. The number of piperidine rings is 1. The second-order valence-corrected chi connectivity index (χ2v) is 7.03. The molecule has 2 rings (SSSR count). The summed E-state index contributed by atoms with van der Waals surface area (Å²) in [5.74, 6) is 0.868. The van der Waals surface area contributed by atoms with E-state index in [0.717, 1.165) is 43.4 Å². The molecule has 0 saturated carbocycles. The van der Waals surface area contributed by atoms with Gasteiger partial charge in [-0.1, -0.05) is 6.92 Å². The van der Waals surface area contributed by atoms with Crippen molar-refractivity contribution in [1.82, 2.24) is 10.2 Å². The minimum Gasteiger partial charge on any atom is -0.314 e. The lowest BCUT2D eigenvalue weighted by molar-refractivity contribution is 0.118. The van der Waals surface area contributed by atoms with Crippen LogP contribution in [0.5, 0.6) is 0 Å². The molecular weight excluding hydrogens is 232 g/mol. The highest BCUT2D eigenvalue weighted by atomic mass is 32.2. The summed E-state index contributed by atoms with van der Waals surface area (Å²) in [7, 11) is -0.621. The lowest BCUT2D eigenvalue weighted by Crippen LogP contribution is -2.49. The molecule has 3 atom stereocenters.